The summed E-state index contributed by atoms with van der Waals surface area (Å²) >= 11 is 1.37. The van der Waals surface area contributed by atoms with Gasteiger partial charge < -0.3 is 19.3 Å². The third kappa shape index (κ3) is 8.96. The lowest BCUT2D eigenvalue weighted by Gasteiger charge is -2.35. The van der Waals surface area contributed by atoms with E-state index in [0.29, 0.717) is 18.8 Å². The highest BCUT2D eigenvalue weighted by molar-refractivity contribution is 8.00. The number of rotatable bonds is 10. The number of ether oxygens (including phenoxy) is 2. The Morgan fingerprint density at radius 3 is 2.15 bits per heavy atom. The van der Waals surface area contributed by atoms with Crippen molar-refractivity contribution in [1.82, 2.24) is 4.98 Å². The normalized spacial score (nSPS) is 12.2. The summed E-state index contributed by atoms with van der Waals surface area (Å²) in [5.41, 5.74) is -1.22. The number of esters is 1. The first-order chi connectivity index (χ1) is 15.2. The van der Waals surface area contributed by atoms with Crippen molar-refractivity contribution in [3.05, 3.63) is 48.2 Å². The molecular formula is C25H34N2O5S. The summed E-state index contributed by atoms with van der Waals surface area (Å²) < 4.78 is 14.7. The minimum atomic E-state index is -1.01. The summed E-state index contributed by atoms with van der Waals surface area (Å²) in [6.07, 6.45) is 1.94. The second-order valence-corrected chi connectivity index (χ2v) is 11.3. The summed E-state index contributed by atoms with van der Waals surface area (Å²) in [6, 6.07) is 10.8. The maximum atomic E-state index is 12.6. The summed E-state index contributed by atoms with van der Waals surface area (Å²) in [4.78, 5) is 28.5. The first-order valence-corrected chi connectivity index (χ1v) is 11.6. The van der Waals surface area contributed by atoms with E-state index in [1.165, 1.54) is 24.2 Å². The van der Waals surface area contributed by atoms with Crippen molar-refractivity contribution < 1.29 is 24.2 Å². The molecule has 0 unspecified atom stereocenters. The zero-order valence-electron chi connectivity index (χ0n) is 20.4. The number of pyridine rings is 1. The number of hydrogen-bond acceptors (Lipinski definition) is 7. The average Bonchev–Trinajstić information content (AvgIpc) is 2.70. The Morgan fingerprint density at radius 1 is 1.00 bits per heavy atom. The van der Waals surface area contributed by atoms with Crippen molar-refractivity contribution in [2.24, 2.45) is 10.8 Å². The van der Waals surface area contributed by atoms with E-state index in [1.807, 2.05) is 58.9 Å². The second-order valence-electron chi connectivity index (χ2n) is 10.4. The molecule has 0 aliphatic rings. The molecule has 0 bridgehead atoms. The van der Waals surface area contributed by atoms with Crippen molar-refractivity contribution in [1.29, 1.82) is 0 Å². The molecule has 33 heavy (non-hydrogen) atoms. The molecule has 180 valence electrons. The molecule has 1 heterocycles. The van der Waals surface area contributed by atoms with Gasteiger partial charge in [0.05, 0.1) is 17.6 Å². The maximum Gasteiger partial charge on any atom is 0.337 e. The molecule has 0 aliphatic heterocycles. The number of benzene rings is 1. The van der Waals surface area contributed by atoms with Gasteiger partial charge in [0.1, 0.15) is 17.2 Å². The Hall–Kier alpha value is -2.74. The third-order valence-corrected chi connectivity index (χ3v) is 5.43. The first-order valence-electron chi connectivity index (χ1n) is 10.8. The zero-order valence-corrected chi connectivity index (χ0v) is 21.2. The number of carbonyl (C=O) groups excluding carboxylic acids is 1. The standard InChI is InChI=1S/C25H34N2O5S/c1-23(2,3)32-22(30)25(6,7)15-24(4,5)16-31-18-9-11-19(12-10-18)33-27-20-13-8-17(14-26-20)21(28)29/h8-14H,15-16H2,1-7H3,(H,26,27)(H,28,29). The fourth-order valence-electron chi connectivity index (χ4n) is 3.31. The van der Waals surface area contributed by atoms with Crippen LogP contribution in [0.4, 0.5) is 5.82 Å². The largest absolute Gasteiger partial charge is 0.493 e. The number of aromatic nitrogens is 1. The van der Waals surface area contributed by atoms with Crippen LogP contribution in [0.15, 0.2) is 47.5 Å². The van der Waals surface area contributed by atoms with Crippen LogP contribution in [0.1, 0.15) is 65.2 Å². The molecule has 2 N–H and O–H groups in total. The summed E-state index contributed by atoms with van der Waals surface area (Å²) in [6.45, 7) is 14.1. The molecule has 0 spiro atoms. The van der Waals surface area contributed by atoms with E-state index in [-0.39, 0.29) is 16.9 Å². The summed E-state index contributed by atoms with van der Waals surface area (Å²) in [5, 5.41) is 8.93. The number of hydrogen-bond donors (Lipinski definition) is 2. The van der Waals surface area contributed by atoms with Crippen molar-refractivity contribution >= 4 is 29.7 Å². The molecule has 0 amide bonds. The van der Waals surface area contributed by atoms with Crippen molar-refractivity contribution in [3.63, 3.8) is 0 Å². The van der Waals surface area contributed by atoms with Gasteiger partial charge in [-0.3, -0.25) is 4.79 Å². The molecular weight excluding hydrogens is 440 g/mol. The van der Waals surface area contributed by atoms with E-state index in [2.05, 4.69) is 23.6 Å². The number of nitrogens with zero attached hydrogens (tertiary/aromatic N) is 1. The quantitative estimate of drug-likeness (QED) is 0.317. The lowest BCUT2D eigenvalue weighted by Crippen LogP contribution is -2.38. The number of carboxylic acid groups (broad SMARTS) is 1. The van der Waals surface area contributed by atoms with Gasteiger partial charge in [0.15, 0.2) is 0 Å². The smallest absolute Gasteiger partial charge is 0.337 e. The Kier molecular flexibility index (Phi) is 8.41. The van der Waals surface area contributed by atoms with Gasteiger partial charge in [-0.15, -0.1) is 0 Å². The van der Waals surface area contributed by atoms with Crippen LogP contribution >= 0.6 is 11.9 Å². The van der Waals surface area contributed by atoms with Crippen LogP contribution in [0.25, 0.3) is 0 Å². The van der Waals surface area contributed by atoms with E-state index >= 15 is 0 Å². The fourth-order valence-corrected chi connectivity index (χ4v) is 3.93. The van der Waals surface area contributed by atoms with Crippen molar-refractivity contribution in [3.8, 4) is 5.75 Å². The van der Waals surface area contributed by atoms with Crippen molar-refractivity contribution in [2.75, 3.05) is 11.3 Å². The van der Waals surface area contributed by atoms with Crippen LogP contribution in [0.2, 0.25) is 0 Å². The van der Waals surface area contributed by atoms with Crippen LogP contribution in [0.3, 0.4) is 0 Å². The molecule has 7 nitrogen and oxygen atoms in total. The minimum absolute atomic E-state index is 0.143. The topological polar surface area (TPSA) is 97.8 Å². The predicted molar refractivity (Wildman–Crippen MR) is 131 cm³/mol. The number of carboxylic acids is 1. The van der Waals surface area contributed by atoms with Crippen molar-refractivity contribution in [2.45, 2.75) is 65.4 Å². The molecule has 1 aromatic heterocycles. The Balaban J connectivity index is 1.87. The van der Waals surface area contributed by atoms with Crippen LogP contribution < -0.4 is 9.46 Å². The highest BCUT2D eigenvalue weighted by Gasteiger charge is 2.38. The maximum absolute atomic E-state index is 12.6. The SMILES string of the molecule is CC(C)(COc1ccc(SNc2ccc(C(=O)O)cn2)cc1)CC(C)(C)C(=O)OC(C)(C)C. The average molecular weight is 475 g/mol. The Morgan fingerprint density at radius 2 is 1.64 bits per heavy atom. The first kappa shape index (κ1) is 26.5. The number of aromatic carboxylic acids is 1. The Bertz CT molecular complexity index is 948. The van der Waals surface area contributed by atoms with E-state index in [1.54, 1.807) is 6.07 Å². The van der Waals surface area contributed by atoms with Gasteiger partial charge in [0.25, 0.3) is 0 Å². The van der Waals surface area contributed by atoms with Crippen LogP contribution in [0, 0.1) is 10.8 Å². The zero-order chi connectivity index (χ0) is 24.9. The second kappa shape index (κ2) is 10.5. The molecule has 0 fully saturated rings. The van der Waals surface area contributed by atoms with Crippen LogP contribution in [0.5, 0.6) is 5.75 Å². The molecule has 1 aromatic carbocycles. The third-order valence-electron chi connectivity index (χ3n) is 4.61. The van der Waals surface area contributed by atoms with Crippen LogP contribution in [-0.4, -0.2) is 34.2 Å². The highest BCUT2D eigenvalue weighted by atomic mass is 32.2. The molecule has 0 aliphatic carbocycles. The lowest BCUT2D eigenvalue weighted by molar-refractivity contribution is -0.167. The van der Waals surface area contributed by atoms with Gasteiger partial charge in [0.2, 0.25) is 0 Å². The van der Waals surface area contributed by atoms with Gasteiger partial charge in [-0.1, -0.05) is 13.8 Å². The predicted octanol–water partition coefficient (Wildman–Crippen LogP) is 6.06. The van der Waals surface area contributed by atoms with E-state index in [4.69, 9.17) is 14.6 Å². The molecule has 8 heteroatoms. The molecule has 2 rings (SSSR count). The monoisotopic (exact) mass is 474 g/mol. The molecule has 0 saturated carbocycles. The molecule has 0 saturated heterocycles. The number of carbonyl (C=O) groups is 2. The molecule has 0 atom stereocenters. The number of nitrogens with one attached hydrogen (secondary N) is 1. The van der Waals surface area contributed by atoms with E-state index in [9.17, 15) is 9.59 Å². The van der Waals surface area contributed by atoms with Gasteiger partial charge in [-0.05, 0) is 94.8 Å². The molecule has 0 radical (unpaired) electrons. The van der Waals surface area contributed by atoms with Gasteiger partial charge in [0, 0.05) is 11.1 Å². The van der Waals surface area contributed by atoms with Gasteiger partial charge in [-0.25, -0.2) is 9.78 Å². The highest BCUT2D eigenvalue weighted by Crippen LogP contribution is 2.36. The van der Waals surface area contributed by atoms with Gasteiger partial charge >= 0.3 is 11.9 Å². The fraction of sp³-hybridized carbons (Fsp3) is 0.480. The molecule has 2 aromatic rings. The Labute approximate surface area is 200 Å². The van der Waals surface area contributed by atoms with E-state index in [0.717, 1.165) is 10.6 Å². The summed E-state index contributed by atoms with van der Waals surface area (Å²) in [5.74, 6) is 0.101. The van der Waals surface area contributed by atoms with Crippen LogP contribution in [-0.2, 0) is 9.53 Å². The lowest BCUT2D eigenvalue weighted by atomic mass is 9.75. The van der Waals surface area contributed by atoms with Gasteiger partial charge in [-0.2, -0.15) is 0 Å². The minimum Gasteiger partial charge on any atom is -0.493 e. The summed E-state index contributed by atoms with van der Waals surface area (Å²) in [7, 11) is 0. The number of anilines is 1. The van der Waals surface area contributed by atoms with E-state index < -0.39 is 17.0 Å².